The Labute approximate surface area is 190 Å². The molecule has 3 heterocycles. The van der Waals surface area contributed by atoms with E-state index in [9.17, 15) is 9.59 Å². The summed E-state index contributed by atoms with van der Waals surface area (Å²) in [6.45, 7) is 10.7. The maximum atomic E-state index is 13.6. The van der Waals surface area contributed by atoms with E-state index in [1.165, 1.54) is 17.4 Å². The van der Waals surface area contributed by atoms with Gasteiger partial charge in [0.25, 0.3) is 5.56 Å². The van der Waals surface area contributed by atoms with Crippen molar-refractivity contribution in [3.63, 3.8) is 0 Å². The number of aromatic nitrogens is 3. The lowest BCUT2D eigenvalue weighted by atomic mass is 10.1. The molecule has 0 spiro atoms. The van der Waals surface area contributed by atoms with E-state index >= 15 is 0 Å². The predicted octanol–water partition coefficient (Wildman–Crippen LogP) is 4.82. The number of thiophene rings is 1. The van der Waals surface area contributed by atoms with Crippen LogP contribution in [0, 0.1) is 26.7 Å². The number of H-pyrrole nitrogens is 1. The van der Waals surface area contributed by atoms with Gasteiger partial charge >= 0.3 is 0 Å². The summed E-state index contributed by atoms with van der Waals surface area (Å²) in [5.41, 5.74) is 3.20. The minimum absolute atomic E-state index is 0.101. The Kier molecular flexibility index (Phi) is 6.02. The molecular formula is C25H27N3O3S. The van der Waals surface area contributed by atoms with Gasteiger partial charge in [0, 0.05) is 28.4 Å². The number of fused-ring (bicyclic) bond motifs is 1. The molecule has 0 unspecified atom stereocenters. The van der Waals surface area contributed by atoms with E-state index in [-0.39, 0.29) is 23.3 Å². The highest BCUT2D eigenvalue weighted by molar-refractivity contribution is 7.18. The Morgan fingerprint density at radius 2 is 1.91 bits per heavy atom. The number of hydrogen-bond acceptors (Lipinski definition) is 5. The van der Waals surface area contributed by atoms with E-state index in [0.29, 0.717) is 29.4 Å². The molecule has 0 bridgehead atoms. The van der Waals surface area contributed by atoms with Crippen LogP contribution < -0.4 is 15.7 Å². The molecule has 3 aromatic heterocycles. The molecule has 0 aliphatic carbocycles. The van der Waals surface area contributed by atoms with Crippen molar-refractivity contribution in [2.75, 3.05) is 6.61 Å². The lowest BCUT2D eigenvalue weighted by Crippen LogP contribution is -2.25. The first kappa shape index (κ1) is 22.0. The van der Waals surface area contributed by atoms with Gasteiger partial charge in [-0.1, -0.05) is 38.1 Å². The van der Waals surface area contributed by atoms with E-state index in [4.69, 9.17) is 9.72 Å². The minimum Gasteiger partial charge on any atom is -0.488 e. The summed E-state index contributed by atoms with van der Waals surface area (Å²) in [6.07, 6.45) is 1.57. The molecule has 1 N–H and O–H groups in total. The van der Waals surface area contributed by atoms with Gasteiger partial charge in [0.1, 0.15) is 10.7 Å². The number of pyridine rings is 1. The summed E-state index contributed by atoms with van der Waals surface area (Å²) >= 11 is 1.54. The van der Waals surface area contributed by atoms with Crippen LogP contribution in [0.25, 0.3) is 21.6 Å². The van der Waals surface area contributed by atoms with Crippen LogP contribution in [0.1, 0.15) is 35.5 Å². The zero-order valence-corrected chi connectivity index (χ0v) is 19.8. The van der Waals surface area contributed by atoms with E-state index in [1.807, 2.05) is 58.9 Å². The second kappa shape index (κ2) is 8.74. The number of nitrogens with zero attached hydrogens (tertiary/aromatic N) is 2. The van der Waals surface area contributed by atoms with Gasteiger partial charge in [0.05, 0.1) is 18.5 Å². The van der Waals surface area contributed by atoms with Crippen LogP contribution in [-0.2, 0) is 6.54 Å². The Morgan fingerprint density at radius 1 is 1.16 bits per heavy atom. The highest BCUT2D eigenvalue weighted by Crippen LogP contribution is 2.29. The van der Waals surface area contributed by atoms with Crippen LogP contribution in [0.15, 0.2) is 46.1 Å². The zero-order chi connectivity index (χ0) is 23.0. The monoisotopic (exact) mass is 449 g/mol. The van der Waals surface area contributed by atoms with Gasteiger partial charge in [-0.15, -0.1) is 11.3 Å². The number of aromatic amines is 1. The van der Waals surface area contributed by atoms with Gasteiger partial charge < -0.3 is 9.72 Å². The summed E-state index contributed by atoms with van der Waals surface area (Å²) in [6, 6.07) is 9.38. The fraction of sp³-hybridized carbons (Fsp3) is 0.320. The van der Waals surface area contributed by atoms with Gasteiger partial charge in [-0.05, 0) is 37.8 Å². The number of ether oxygens (including phenoxy) is 1. The van der Waals surface area contributed by atoms with Gasteiger partial charge in [-0.25, -0.2) is 4.98 Å². The van der Waals surface area contributed by atoms with Crippen molar-refractivity contribution in [1.82, 2.24) is 14.5 Å². The van der Waals surface area contributed by atoms with Gasteiger partial charge in [-0.3, -0.25) is 14.2 Å². The van der Waals surface area contributed by atoms with Crippen molar-refractivity contribution in [2.45, 2.75) is 41.2 Å². The lowest BCUT2D eigenvalue weighted by molar-refractivity contribution is 0.267. The topological polar surface area (TPSA) is 77.0 Å². The molecule has 166 valence electrons. The molecule has 6 nitrogen and oxygen atoms in total. The number of benzene rings is 1. The highest BCUT2D eigenvalue weighted by atomic mass is 32.1. The van der Waals surface area contributed by atoms with Crippen LogP contribution in [-0.4, -0.2) is 21.1 Å². The standard InChI is InChI=1S/C25H27N3O3S/c1-14(2)13-31-21-11-26-18(10-20(21)29)12-28-23(19-9-7-6-8-15(19)3)27-24-22(25(28)30)16(4)17(5)32-24/h6-11,14H,12-13H2,1-5H3,(H,26,29). The molecule has 0 aliphatic heterocycles. The third-order valence-electron chi connectivity index (χ3n) is 5.51. The van der Waals surface area contributed by atoms with E-state index < -0.39 is 0 Å². The Morgan fingerprint density at radius 3 is 2.59 bits per heavy atom. The SMILES string of the molecule is Cc1ccccc1-c1nc2sc(C)c(C)c2c(=O)n1Cc1cc(=O)c(OCC(C)C)c[nH]1. The smallest absolute Gasteiger partial charge is 0.263 e. The Hall–Kier alpha value is -3.19. The minimum atomic E-state index is -0.207. The summed E-state index contributed by atoms with van der Waals surface area (Å²) in [4.78, 5) is 36.0. The average molecular weight is 450 g/mol. The molecule has 0 atom stereocenters. The molecule has 32 heavy (non-hydrogen) atoms. The molecule has 0 saturated carbocycles. The second-order valence-corrected chi connectivity index (χ2v) is 9.70. The van der Waals surface area contributed by atoms with Crippen LogP contribution in [0.5, 0.6) is 5.75 Å². The van der Waals surface area contributed by atoms with Gasteiger partial charge in [-0.2, -0.15) is 0 Å². The molecule has 0 amide bonds. The van der Waals surface area contributed by atoms with Gasteiger partial charge in [0.2, 0.25) is 5.43 Å². The van der Waals surface area contributed by atoms with E-state index in [1.54, 1.807) is 10.8 Å². The first-order valence-corrected chi connectivity index (χ1v) is 11.5. The second-order valence-electron chi connectivity index (χ2n) is 8.50. The Bertz CT molecular complexity index is 1410. The average Bonchev–Trinajstić information content (AvgIpc) is 3.03. The first-order chi connectivity index (χ1) is 15.3. The molecule has 0 saturated heterocycles. The van der Waals surface area contributed by atoms with E-state index in [0.717, 1.165) is 26.4 Å². The fourth-order valence-electron chi connectivity index (χ4n) is 3.63. The van der Waals surface area contributed by atoms with Crippen molar-refractivity contribution in [3.05, 3.63) is 78.8 Å². The third-order valence-corrected chi connectivity index (χ3v) is 6.61. The number of nitrogens with one attached hydrogen (secondary N) is 1. The van der Waals surface area contributed by atoms with Crippen LogP contribution in [0.2, 0.25) is 0 Å². The molecule has 4 rings (SSSR count). The third kappa shape index (κ3) is 4.12. The molecule has 1 aromatic carbocycles. The van der Waals surface area contributed by atoms with Crippen molar-refractivity contribution in [2.24, 2.45) is 5.92 Å². The quantitative estimate of drug-likeness (QED) is 0.458. The lowest BCUT2D eigenvalue weighted by Gasteiger charge is -2.15. The summed E-state index contributed by atoms with van der Waals surface area (Å²) in [5, 5.41) is 0.643. The first-order valence-electron chi connectivity index (χ1n) is 10.7. The highest BCUT2D eigenvalue weighted by Gasteiger charge is 2.19. The predicted molar refractivity (Wildman–Crippen MR) is 130 cm³/mol. The molecule has 0 fully saturated rings. The maximum absolute atomic E-state index is 13.6. The molecule has 0 aliphatic rings. The zero-order valence-electron chi connectivity index (χ0n) is 19.0. The van der Waals surface area contributed by atoms with Crippen molar-refractivity contribution in [1.29, 1.82) is 0 Å². The van der Waals surface area contributed by atoms with Crippen LogP contribution >= 0.6 is 11.3 Å². The largest absolute Gasteiger partial charge is 0.488 e. The Balaban J connectivity index is 1.85. The van der Waals surface area contributed by atoms with Crippen molar-refractivity contribution < 1.29 is 4.74 Å². The number of aryl methyl sites for hydroxylation is 3. The fourth-order valence-corrected chi connectivity index (χ4v) is 4.65. The normalized spacial score (nSPS) is 11.4. The summed E-state index contributed by atoms with van der Waals surface area (Å²) in [5.74, 6) is 1.20. The molecule has 7 heteroatoms. The van der Waals surface area contributed by atoms with Crippen molar-refractivity contribution in [3.8, 4) is 17.1 Å². The maximum Gasteiger partial charge on any atom is 0.263 e. The summed E-state index contributed by atoms with van der Waals surface area (Å²) in [7, 11) is 0. The van der Waals surface area contributed by atoms with Crippen LogP contribution in [0.4, 0.5) is 0 Å². The summed E-state index contributed by atoms with van der Waals surface area (Å²) < 4.78 is 7.25. The molecular weight excluding hydrogens is 422 g/mol. The van der Waals surface area contributed by atoms with E-state index in [2.05, 4.69) is 4.98 Å². The molecule has 0 radical (unpaired) electrons. The van der Waals surface area contributed by atoms with Gasteiger partial charge in [0.15, 0.2) is 5.75 Å². The van der Waals surface area contributed by atoms with Crippen LogP contribution in [0.3, 0.4) is 0 Å². The van der Waals surface area contributed by atoms with Crippen molar-refractivity contribution >= 4 is 21.6 Å². The molecule has 4 aromatic rings. The number of rotatable bonds is 6. The number of hydrogen-bond donors (Lipinski definition) is 1.